The average Bonchev–Trinajstić information content (AvgIpc) is 3.09. The third-order valence-corrected chi connectivity index (χ3v) is 5.49. The number of rotatable bonds is 6. The first-order valence-corrected chi connectivity index (χ1v) is 9.44. The lowest BCUT2D eigenvalue weighted by molar-refractivity contribution is 0.414. The van der Waals surface area contributed by atoms with E-state index in [-0.39, 0.29) is 4.90 Å². The van der Waals surface area contributed by atoms with E-state index in [4.69, 9.17) is 4.74 Å². The van der Waals surface area contributed by atoms with Crippen LogP contribution in [0.5, 0.6) is 5.75 Å². The summed E-state index contributed by atoms with van der Waals surface area (Å²) >= 11 is 0. The topological polar surface area (TPSA) is 80.3 Å². The third kappa shape index (κ3) is 3.97. The highest BCUT2D eigenvalue weighted by Gasteiger charge is 2.16. The molecule has 0 spiro atoms. The van der Waals surface area contributed by atoms with Crippen LogP contribution in [0.3, 0.4) is 0 Å². The van der Waals surface area contributed by atoms with Crippen LogP contribution in [0, 0.1) is 0 Å². The Morgan fingerprint density at radius 2 is 1.79 bits per heavy atom. The molecule has 0 unspecified atom stereocenters. The molecule has 6 nitrogen and oxygen atoms in total. The van der Waals surface area contributed by atoms with E-state index in [0.717, 1.165) is 18.7 Å². The lowest BCUT2D eigenvalue weighted by atomic mass is 10.2. The number of methoxy groups -OCH3 is 1. The number of nitrogens with one attached hydrogen (secondary N) is 2. The van der Waals surface area contributed by atoms with Crippen LogP contribution in [0.25, 0.3) is 0 Å². The highest BCUT2D eigenvalue weighted by Crippen LogP contribution is 2.23. The molecule has 7 heteroatoms. The fourth-order valence-electron chi connectivity index (χ4n) is 2.79. The molecule has 1 heterocycles. The predicted octanol–water partition coefficient (Wildman–Crippen LogP) is 3.25. The molecule has 1 aliphatic carbocycles. The summed E-state index contributed by atoms with van der Waals surface area (Å²) < 4.78 is 32.3. The van der Waals surface area contributed by atoms with Crippen LogP contribution in [-0.4, -0.2) is 26.6 Å². The minimum atomic E-state index is -3.64. The van der Waals surface area contributed by atoms with Crippen LogP contribution in [0.15, 0.2) is 47.5 Å². The number of hydrogen-bond donors (Lipinski definition) is 2. The van der Waals surface area contributed by atoms with Crippen LogP contribution in [0.1, 0.15) is 25.7 Å². The van der Waals surface area contributed by atoms with Crippen molar-refractivity contribution in [1.29, 1.82) is 0 Å². The molecular formula is C17H21N3O3S. The van der Waals surface area contributed by atoms with Gasteiger partial charge in [-0.3, -0.25) is 4.72 Å². The Bertz CT molecular complexity index is 768. The molecule has 1 aromatic carbocycles. The first-order chi connectivity index (χ1) is 11.6. The molecule has 128 valence electrons. The van der Waals surface area contributed by atoms with E-state index in [1.807, 2.05) is 0 Å². The molecule has 0 radical (unpaired) electrons. The quantitative estimate of drug-likeness (QED) is 0.838. The molecule has 24 heavy (non-hydrogen) atoms. The standard InChI is InChI=1S/C17H21N3O3S/c1-23-15-7-9-16(10-8-15)24(21,22)20-14-6-11-17(18-12-14)19-13-4-2-3-5-13/h6-13,20H,2-5H2,1H3,(H,18,19). The normalized spacial score (nSPS) is 15.2. The molecular weight excluding hydrogens is 326 g/mol. The summed E-state index contributed by atoms with van der Waals surface area (Å²) in [6.45, 7) is 0. The number of pyridine rings is 1. The molecule has 2 aromatic rings. The van der Waals surface area contributed by atoms with Crippen molar-refractivity contribution in [2.45, 2.75) is 36.6 Å². The van der Waals surface area contributed by atoms with E-state index in [0.29, 0.717) is 17.5 Å². The molecule has 0 amide bonds. The molecule has 1 aromatic heterocycles. The van der Waals surface area contributed by atoms with E-state index in [9.17, 15) is 8.42 Å². The summed E-state index contributed by atoms with van der Waals surface area (Å²) in [6, 6.07) is 10.2. The van der Waals surface area contributed by atoms with E-state index >= 15 is 0 Å². The summed E-state index contributed by atoms with van der Waals surface area (Å²) in [7, 11) is -2.10. The maximum atomic E-state index is 12.4. The second kappa shape index (κ2) is 7.09. The average molecular weight is 347 g/mol. The minimum absolute atomic E-state index is 0.177. The number of nitrogens with zero attached hydrogens (tertiary/aromatic N) is 1. The molecule has 1 aliphatic rings. The van der Waals surface area contributed by atoms with E-state index in [1.165, 1.54) is 38.3 Å². The number of sulfonamides is 1. The lowest BCUT2D eigenvalue weighted by Crippen LogP contribution is -2.16. The molecule has 0 atom stereocenters. The lowest BCUT2D eigenvalue weighted by Gasteiger charge is -2.13. The van der Waals surface area contributed by atoms with Gasteiger partial charge in [-0.15, -0.1) is 0 Å². The van der Waals surface area contributed by atoms with Gasteiger partial charge in [0.15, 0.2) is 0 Å². The van der Waals surface area contributed by atoms with Crippen molar-refractivity contribution in [3.05, 3.63) is 42.6 Å². The fourth-order valence-corrected chi connectivity index (χ4v) is 3.83. The van der Waals surface area contributed by atoms with Gasteiger partial charge in [-0.1, -0.05) is 12.8 Å². The van der Waals surface area contributed by atoms with Gasteiger partial charge in [0.05, 0.1) is 23.9 Å². The van der Waals surface area contributed by atoms with E-state index < -0.39 is 10.0 Å². The third-order valence-electron chi connectivity index (χ3n) is 4.09. The van der Waals surface area contributed by atoms with Gasteiger partial charge in [0.2, 0.25) is 0 Å². The van der Waals surface area contributed by atoms with Gasteiger partial charge in [0.1, 0.15) is 11.6 Å². The largest absolute Gasteiger partial charge is 0.497 e. The van der Waals surface area contributed by atoms with Crippen molar-refractivity contribution < 1.29 is 13.2 Å². The number of benzene rings is 1. The highest BCUT2D eigenvalue weighted by atomic mass is 32.2. The molecule has 1 fully saturated rings. The van der Waals surface area contributed by atoms with Gasteiger partial charge in [-0.25, -0.2) is 13.4 Å². The smallest absolute Gasteiger partial charge is 0.261 e. The molecule has 0 saturated heterocycles. The second-order valence-electron chi connectivity index (χ2n) is 5.84. The van der Waals surface area contributed by atoms with Crippen molar-refractivity contribution in [1.82, 2.24) is 4.98 Å². The Morgan fingerprint density at radius 3 is 2.38 bits per heavy atom. The van der Waals surface area contributed by atoms with Crippen LogP contribution in [-0.2, 0) is 10.0 Å². The second-order valence-corrected chi connectivity index (χ2v) is 7.52. The van der Waals surface area contributed by atoms with E-state index in [2.05, 4.69) is 15.0 Å². The Balaban J connectivity index is 1.67. The summed E-state index contributed by atoms with van der Waals surface area (Å²) in [5, 5.41) is 3.37. The number of aromatic nitrogens is 1. The van der Waals surface area contributed by atoms with Gasteiger partial charge >= 0.3 is 0 Å². The van der Waals surface area contributed by atoms with Gasteiger partial charge in [-0.2, -0.15) is 0 Å². The first kappa shape index (κ1) is 16.6. The van der Waals surface area contributed by atoms with Crippen molar-refractivity contribution >= 4 is 21.5 Å². The first-order valence-electron chi connectivity index (χ1n) is 7.96. The molecule has 2 N–H and O–H groups in total. The van der Waals surface area contributed by atoms with Crippen molar-refractivity contribution in [2.24, 2.45) is 0 Å². The Kier molecular flexibility index (Phi) is 4.89. The molecule has 0 bridgehead atoms. The van der Waals surface area contributed by atoms with Gasteiger partial charge < -0.3 is 10.1 Å². The predicted molar refractivity (Wildman–Crippen MR) is 93.9 cm³/mol. The maximum Gasteiger partial charge on any atom is 0.261 e. The van der Waals surface area contributed by atoms with Gasteiger partial charge in [0.25, 0.3) is 10.0 Å². The zero-order valence-electron chi connectivity index (χ0n) is 13.5. The summed E-state index contributed by atoms with van der Waals surface area (Å²) in [6.07, 6.45) is 6.34. The maximum absolute atomic E-state index is 12.4. The van der Waals surface area contributed by atoms with Crippen molar-refractivity contribution in [2.75, 3.05) is 17.1 Å². The van der Waals surface area contributed by atoms with Crippen LogP contribution in [0.2, 0.25) is 0 Å². The molecule has 1 saturated carbocycles. The number of hydrogen-bond acceptors (Lipinski definition) is 5. The van der Waals surface area contributed by atoms with Crippen LogP contribution >= 0.6 is 0 Å². The van der Waals surface area contributed by atoms with E-state index in [1.54, 1.807) is 24.3 Å². The van der Waals surface area contributed by atoms with Crippen LogP contribution < -0.4 is 14.8 Å². The summed E-state index contributed by atoms with van der Waals surface area (Å²) in [5.41, 5.74) is 0.433. The van der Waals surface area contributed by atoms with Crippen molar-refractivity contribution in [3.8, 4) is 5.75 Å². The number of ether oxygens (including phenoxy) is 1. The zero-order chi connectivity index (χ0) is 17.0. The monoisotopic (exact) mass is 347 g/mol. The Morgan fingerprint density at radius 1 is 1.08 bits per heavy atom. The Labute approximate surface area is 142 Å². The van der Waals surface area contributed by atoms with Crippen LogP contribution in [0.4, 0.5) is 11.5 Å². The Hall–Kier alpha value is -2.28. The zero-order valence-corrected chi connectivity index (χ0v) is 14.3. The SMILES string of the molecule is COc1ccc(S(=O)(=O)Nc2ccc(NC3CCCC3)nc2)cc1. The minimum Gasteiger partial charge on any atom is -0.497 e. The summed E-state index contributed by atoms with van der Waals surface area (Å²) in [5.74, 6) is 1.38. The number of anilines is 2. The summed E-state index contributed by atoms with van der Waals surface area (Å²) in [4.78, 5) is 4.47. The fraction of sp³-hybridized carbons (Fsp3) is 0.353. The van der Waals surface area contributed by atoms with Gasteiger partial charge in [-0.05, 0) is 49.2 Å². The molecule has 0 aliphatic heterocycles. The van der Waals surface area contributed by atoms with Gasteiger partial charge in [0, 0.05) is 6.04 Å². The van der Waals surface area contributed by atoms with Crippen molar-refractivity contribution in [3.63, 3.8) is 0 Å². The highest BCUT2D eigenvalue weighted by molar-refractivity contribution is 7.92. The molecule has 3 rings (SSSR count).